The Morgan fingerprint density at radius 2 is 1.86 bits per heavy atom. The number of aromatic nitrogens is 4. The number of esters is 1. The minimum absolute atomic E-state index is 0.143. The number of fused-ring (bicyclic) bond motifs is 1. The van der Waals surface area contributed by atoms with Gasteiger partial charge in [0.15, 0.2) is 36.2 Å². The van der Waals surface area contributed by atoms with Crippen molar-refractivity contribution in [2.45, 2.75) is 50.3 Å². The number of ether oxygens (including phenoxy) is 3. The number of benzene rings is 2. The van der Waals surface area contributed by atoms with Gasteiger partial charge < -0.3 is 24.5 Å². The summed E-state index contributed by atoms with van der Waals surface area (Å²) in [7, 11) is -3.98. The van der Waals surface area contributed by atoms with E-state index in [9.17, 15) is 9.36 Å². The van der Waals surface area contributed by atoms with Crippen molar-refractivity contribution in [2.24, 2.45) is 0 Å². The van der Waals surface area contributed by atoms with Gasteiger partial charge in [0.2, 0.25) is 0 Å². The minimum atomic E-state index is -3.98. The van der Waals surface area contributed by atoms with Gasteiger partial charge in [-0.3, -0.25) is 13.9 Å². The number of para-hydroxylation sites is 1. The van der Waals surface area contributed by atoms with Gasteiger partial charge in [-0.15, -0.1) is 0 Å². The maximum absolute atomic E-state index is 15.1. The average molecular weight is 609 g/mol. The second-order valence-electron chi connectivity index (χ2n) is 10.2. The minimum Gasteiger partial charge on any atom is -0.461 e. The predicted molar refractivity (Wildman–Crippen MR) is 154 cm³/mol. The SMILES string of the molecule is Nc1ncnc2c1ncn2[C@@H]1O[C@H](OCP(=O)(NC(Cc2ccccc2)C(=O)OC2CCC2)Oc2ccccc2)C=C1F. The Morgan fingerprint density at radius 3 is 2.58 bits per heavy atom. The third kappa shape index (κ3) is 6.75. The van der Waals surface area contributed by atoms with Crippen LogP contribution in [0.1, 0.15) is 31.1 Å². The van der Waals surface area contributed by atoms with Crippen molar-refractivity contribution >= 4 is 30.5 Å². The van der Waals surface area contributed by atoms with E-state index >= 15 is 4.39 Å². The normalized spacial score (nSPS) is 20.6. The first-order valence-corrected chi connectivity index (χ1v) is 15.6. The van der Waals surface area contributed by atoms with E-state index in [4.69, 9.17) is 24.5 Å². The predicted octanol–water partition coefficient (Wildman–Crippen LogP) is 4.66. The molecule has 0 spiro atoms. The second kappa shape index (κ2) is 12.6. The molecule has 1 fully saturated rings. The number of hydrogen-bond donors (Lipinski definition) is 2. The van der Waals surface area contributed by atoms with Crippen molar-refractivity contribution in [3.8, 4) is 5.75 Å². The van der Waals surface area contributed by atoms with Crippen LogP contribution >= 0.6 is 7.52 Å². The quantitative estimate of drug-likeness (QED) is 0.171. The summed E-state index contributed by atoms with van der Waals surface area (Å²) in [5.74, 6) is -0.771. The maximum Gasteiger partial charge on any atom is 0.342 e. The van der Waals surface area contributed by atoms with Crippen LogP contribution in [0.4, 0.5) is 10.2 Å². The third-order valence-corrected chi connectivity index (χ3v) is 8.79. The standard InChI is InChI=1S/C29H30FN6O6P/c30-22-15-24(41-28(22)36-17-34-25-26(31)32-16-33-27(25)36)39-18-43(38,42-21-10-5-2-6-11-21)35-23(14-19-8-3-1-4-9-19)29(37)40-20-12-7-13-20/h1-6,8-11,15-17,20,23-24,28H,7,12-14,18H2,(H,35,38)(H2,31,32,33)/t23?,24-,28+,43?/m0/s1. The number of nitrogens with two attached hydrogens (primary N) is 1. The molecule has 224 valence electrons. The van der Waals surface area contributed by atoms with Crippen molar-refractivity contribution < 1.29 is 32.5 Å². The summed E-state index contributed by atoms with van der Waals surface area (Å²) in [5.41, 5.74) is 7.26. The second-order valence-corrected chi connectivity index (χ2v) is 12.3. The topological polar surface area (TPSA) is 153 Å². The number of nitrogen functional groups attached to an aromatic ring is 1. The summed E-state index contributed by atoms with van der Waals surface area (Å²) in [4.78, 5) is 25.4. The number of imidazole rings is 1. The summed E-state index contributed by atoms with van der Waals surface area (Å²) in [6.45, 7) is 0. The van der Waals surface area contributed by atoms with Crippen molar-refractivity contribution in [1.82, 2.24) is 24.6 Å². The first kappa shape index (κ1) is 28.9. The molecule has 3 N–H and O–H groups in total. The van der Waals surface area contributed by atoms with E-state index in [2.05, 4.69) is 20.0 Å². The molecule has 2 aliphatic rings. The van der Waals surface area contributed by atoms with Crippen LogP contribution < -0.4 is 15.3 Å². The van der Waals surface area contributed by atoms with Crippen LogP contribution in [0.5, 0.6) is 5.75 Å². The first-order valence-electron chi connectivity index (χ1n) is 13.8. The molecule has 1 aliphatic heterocycles. The zero-order valence-corrected chi connectivity index (χ0v) is 23.9. The van der Waals surface area contributed by atoms with Gasteiger partial charge >= 0.3 is 13.5 Å². The largest absolute Gasteiger partial charge is 0.461 e. The molecular weight excluding hydrogens is 578 g/mol. The molecule has 0 saturated heterocycles. The molecule has 2 aromatic heterocycles. The van der Waals surface area contributed by atoms with E-state index in [1.807, 2.05) is 30.3 Å². The average Bonchev–Trinajstić information content (AvgIpc) is 3.58. The molecule has 1 aliphatic carbocycles. The number of carbonyl (C=O) groups excluding carboxylic acids is 1. The van der Waals surface area contributed by atoms with Crippen LogP contribution in [0.3, 0.4) is 0 Å². The Bertz CT molecular complexity index is 1650. The Morgan fingerprint density at radius 1 is 1.12 bits per heavy atom. The number of hydrogen-bond acceptors (Lipinski definition) is 10. The molecule has 1 saturated carbocycles. The van der Waals surface area contributed by atoms with Gasteiger partial charge in [0.05, 0.1) is 6.33 Å². The molecule has 4 aromatic rings. The van der Waals surface area contributed by atoms with Gasteiger partial charge in [-0.1, -0.05) is 48.5 Å². The highest BCUT2D eigenvalue weighted by atomic mass is 31.2. The lowest BCUT2D eigenvalue weighted by molar-refractivity contribution is -0.155. The smallest absolute Gasteiger partial charge is 0.342 e. The molecule has 3 heterocycles. The summed E-state index contributed by atoms with van der Waals surface area (Å²) in [6.07, 6.45) is 3.25. The molecule has 0 bridgehead atoms. The van der Waals surface area contributed by atoms with Crippen molar-refractivity contribution in [2.75, 3.05) is 12.1 Å². The Labute approximate surface area is 246 Å². The van der Waals surface area contributed by atoms with Crippen LogP contribution in [-0.2, 0) is 30.0 Å². The van der Waals surface area contributed by atoms with Gasteiger partial charge in [-0.25, -0.2) is 24.4 Å². The molecule has 43 heavy (non-hydrogen) atoms. The van der Waals surface area contributed by atoms with Crippen molar-refractivity contribution in [3.05, 3.63) is 90.8 Å². The van der Waals surface area contributed by atoms with Crippen LogP contribution in [0.2, 0.25) is 0 Å². The van der Waals surface area contributed by atoms with Crippen molar-refractivity contribution in [3.63, 3.8) is 0 Å². The molecule has 0 radical (unpaired) electrons. The van der Waals surface area contributed by atoms with Gasteiger partial charge in [0.1, 0.15) is 29.7 Å². The molecule has 4 atom stereocenters. The maximum atomic E-state index is 15.1. The van der Waals surface area contributed by atoms with E-state index in [1.54, 1.807) is 30.3 Å². The molecular formula is C29H30FN6O6P. The fourth-order valence-electron chi connectivity index (χ4n) is 4.69. The summed E-state index contributed by atoms with van der Waals surface area (Å²) >= 11 is 0. The summed E-state index contributed by atoms with van der Waals surface area (Å²) in [6, 6.07) is 16.8. The van der Waals surface area contributed by atoms with Gasteiger partial charge in [0, 0.05) is 6.08 Å². The molecule has 0 amide bonds. The molecule has 2 unspecified atom stereocenters. The summed E-state index contributed by atoms with van der Waals surface area (Å²) < 4.78 is 53.9. The van der Waals surface area contributed by atoms with E-state index < -0.39 is 44.2 Å². The Balaban J connectivity index is 1.20. The lowest BCUT2D eigenvalue weighted by Crippen LogP contribution is -2.42. The Hall–Kier alpha value is -4.16. The highest BCUT2D eigenvalue weighted by Crippen LogP contribution is 2.45. The number of rotatable bonds is 12. The van der Waals surface area contributed by atoms with Crippen LogP contribution in [0.15, 0.2) is 85.2 Å². The lowest BCUT2D eigenvalue weighted by Gasteiger charge is -2.30. The fourth-order valence-corrected chi connectivity index (χ4v) is 6.35. The third-order valence-electron chi connectivity index (χ3n) is 7.09. The zero-order chi connectivity index (χ0) is 29.8. The molecule has 6 rings (SSSR count). The molecule has 2 aromatic carbocycles. The van der Waals surface area contributed by atoms with Gasteiger partial charge in [-0.2, -0.15) is 0 Å². The number of nitrogens with zero attached hydrogens (tertiary/aromatic N) is 4. The molecule has 12 nitrogen and oxygen atoms in total. The van der Waals surface area contributed by atoms with Crippen LogP contribution in [-0.4, -0.2) is 50.3 Å². The number of halogens is 1. The molecule has 14 heteroatoms. The van der Waals surface area contributed by atoms with Gasteiger partial charge in [0.25, 0.3) is 0 Å². The summed E-state index contributed by atoms with van der Waals surface area (Å²) in [5, 5.41) is 2.90. The highest BCUT2D eigenvalue weighted by Gasteiger charge is 2.38. The fraction of sp³-hybridized carbons (Fsp3) is 0.310. The lowest BCUT2D eigenvalue weighted by atomic mass is 9.96. The van der Waals surface area contributed by atoms with Gasteiger partial charge in [-0.05, 0) is 43.4 Å². The first-order chi connectivity index (χ1) is 20.9. The van der Waals surface area contributed by atoms with Crippen LogP contribution in [0.25, 0.3) is 11.2 Å². The van der Waals surface area contributed by atoms with Crippen molar-refractivity contribution in [1.29, 1.82) is 0 Å². The van der Waals surface area contributed by atoms with E-state index in [0.29, 0.717) is 11.3 Å². The number of nitrogens with one attached hydrogen (secondary N) is 1. The highest BCUT2D eigenvalue weighted by molar-refractivity contribution is 7.57. The van der Waals surface area contributed by atoms with E-state index in [1.165, 1.54) is 17.2 Å². The number of anilines is 1. The zero-order valence-electron chi connectivity index (χ0n) is 23.0. The van der Waals surface area contributed by atoms with E-state index in [-0.39, 0.29) is 24.0 Å². The number of carbonyl (C=O) groups is 1. The Kier molecular flexibility index (Phi) is 8.48. The monoisotopic (exact) mass is 608 g/mol. The van der Waals surface area contributed by atoms with E-state index in [0.717, 1.165) is 30.9 Å². The van der Waals surface area contributed by atoms with Crippen LogP contribution in [0, 0.1) is 0 Å².